The van der Waals surface area contributed by atoms with Gasteiger partial charge in [0.1, 0.15) is 30.7 Å². The minimum absolute atomic E-state index is 0.0565. The number of aryl methyl sites for hydroxylation is 2. The van der Waals surface area contributed by atoms with Gasteiger partial charge >= 0.3 is 0 Å². The van der Waals surface area contributed by atoms with Gasteiger partial charge < -0.3 is 54.8 Å². The zero-order valence-corrected chi connectivity index (χ0v) is 48.6. The van der Waals surface area contributed by atoms with Gasteiger partial charge in [-0.25, -0.2) is 18.4 Å². The Bertz CT molecular complexity index is 3180. The van der Waals surface area contributed by atoms with Crippen molar-refractivity contribution in [2.45, 2.75) is 123 Å². The van der Waals surface area contributed by atoms with Gasteiger partial charge in [-0.2, -0.15) is 5.10 Å². The Morgan fingerprint density at radius 3 is 2.35 bits per heavy atom. The predicted octanol–water partition coefficient (Wildman–Crippen LogP) is 8.26. The molecule has 1 aliphatic heterocycles. The standard InChI is InChI=1S/C63H78F2N10O9/c1-40(66-5)58(76)72-56(63(2,3)4)62(79)74-37-46-34-49(22-18-44(46)35-54(74)60(78)69-51-12-8-10-43-9-6-7-11-50(43)51)83-32-31-82-30-29-81-28-27-80-26-25-67-36-42-16-20-48(21-17-42)75-38-52(55(73-75)57(64)65)70-59(77)53-39-84-61(71-53)45-23-24-68-47(33-45)19-15-41-13-14-41/h6-7,9,11,16-18,20-24,33-34,38-41,51,54,56-57,66-67H,8,10,12-15,19,25-32,35-37H2,1-5H3,(H,69,78)(H,70,77)(H,72,76)/t40-,51+,54-,56+/m0/s1. The van der Waals surface area contributed by atoms with Gasteiger partial charge in [-0.05, 0) is 122 Å². The molecule has 4 atom stereocenters. The van der Waals surface area contributed by atoms with Gasteiger partial charge in [0.2, 0.25) is 23.6 Å². The number of likely N-dealkylation sites (N-methyl/N-ethyl adjacent to an activating group) is 1. The fraction of sp³-hybridized carbons (Fsp3) is 0.476. The van der Waals surface area contributed by atoms with Crippen molar-refractivity contribution in [1.82, 2.24) is 45.9 Å². The van der Waals surface area contributed by atoms with Crippen molar-refractivity contribution in [3.8, 4) is 22.9 Å². The van der Waals surface area contributed by atoms with E-state index in [1.54, 1.807) is 43.3 Å². The molecule has 0 radical (unpaired) electrons. The molecular formula is C63H78F2N10O9. The van der Waals surface area contributed by atoms with Gasteiger partial charge in [-0.1, -0.05) is 76.1 Å². The van der Waals surface area contributed by atoms with Crippen LogP contribution in [0.2, 0.25) is 0 Å². The largest absolute Gasteiger partial charge is 0.491 e. The zero-order chi connectivity index (χ0) is 59.2. The van der Waals surface area contributed by atoms with Crippen LogP contribution in [0.5, 0.6) is 5.75 Å². The highest BCUT2D eigenvalue weighted by Crippen LogP contribution is 2.35. The number of alkyl halides is 2. The van der Waals surface area contributed by atoms with Crippen molar-refractivity contribution in [3.05, 3.63) is 142 Å². The van der Waals surface area contributed by atoms with Crippen LogP contribution in [0.4, 0.5) is 14.5 Å². The van der Waals surface area contributed by atoms with E-state index in [4.69, 9.17) is 23.4 Å². The zero-order valence-electron chi connectivity index (χ0n) is 48.6. The summed E-state index contributed by atoms with van der Waals surface area (Å²) < 4.78 is 58.4. The smallest absolute Gasteiger partial charge is 0.284 e. The number of carbonyl (C=O) groups excluding carboxylic acids is 4. The topological polar surface area (TPSA) is 225 Å². The third-order valence-electron chi connectivity index (χ3n) is 15.5. The molecular weight excluding hydrogens is 1080 g/mol. The number of fused-ring (bicyclic) bond motifs is 2. The lowest BCUT2D eigenvalue weighted by atomic mass is 9.83. The summed E-state index contributed by atoms with van der Waals surface area (Å²) in [6.07, 6.45) is 8.78. The quantitative estimate of drug-likeness (QED) is 0.0279. The minimum atomic E-state index is -2.94. The number of benzene rings is 3. The number of ether oxygens (including phenoxy) is 4. The lowest BCUT2D eigenvalue weighted by Crippen LogP contribution is -2.62. The first-order chi connectivity index (χ1) is 40.6. The average molecular weight is 1160 g/mol. The Morgan fingerprint density at radius 2 is 1.61 bits per heavy atom. The van der Waals surface area contributed by atoms with E-state index in [0.717, 1.165) is 66.0 Å². The van der Waals surface area contributed by atoms with Gasteiger partial charge in [-0.15, -0.1) is 0 Å². The van der Waals surface area contributed by atoms with E-state index in [0.29, 0.717) is 76.2 Å². The summed E-state index contributed by atoms with van der Waals surface area (Å²) in [6.45, 7) is 11.4. The maximum Gasteiger partial charge on any atom is 0.284 e. The van der Waals surface area contributed by atoms with Gasteiger partial charge in [0.25, 0.3) is 12.3 Å². The van der Waals surface area contributed by atoms with Gasteiger partial charge in [0.05, 0.1) is 69.3 Å². The number of nitrogens with one attached hydrogen (secondary N) is 5. The molecule has 4 heterocycles. The van der Waals surface area contributed by atoms with Crippen LogP contribution in [0.3, 0.4) is 0 Å². The highest BCUT2D eigenvalue weighted by molar-refractivity contribution is 6.03. The summed E-state index contributed by atoms with van der Waals surface area (Å²) in [5.74, 6) is 0.0644. The number of nitrogens with zero attached hydrogens (tertiary/aromatic N) is 5. The molecule has 0 saturated heterocycles. The van der Waals surface area contributed by atoms with Crippen LogP contribution in [0.1, 0.15) is 122 Å². The van der Waals surface area contributed by atoms with Crippen LogP contribution in [0, 0.1) is 11.3 Å². The minimum Gasteiger partial charge on any atom is -0.491 e. The van der Waals surface area contributed by atoms with Crippen LogP contribution in [0.15, 0.2) is 102 Å². The first-order valence-electron chi connectivity index (χ1n) is 29.2. The molecule has 2 aliphatic carbocycles. The van der Waals surface area contributed by atoms with E-state index in [1.165, 1.54) is 35.5 Å². The normalized spacial score (nSPS) is 16.6. The van der Waals surface area contributed by atoms with E-state index in [2.05, 4.69) is 53.8 Å². The van der Waals surface area contributed by atoms with E-state index >= 15 is 0 Å². The van der Waals surface area contributed by atoms with Crippen LogP contribution < -0.4 is 31.3 Å². The summed E-state index contributed by atoms with van der Waals surface area (Å²) in [5.41, 5.74) is 5.83. The number of hydrogen-bond acceptors (Lipinski definition) is 14. The third-order valence-corrected chi connectivity index (χ3v) is 15.5. The van der Waals surface area contributed by atoms with Crippen LogP contribution >= 0.6 is 0 Å². The number of carbonyl (C=O) groups is 4. The Balaban J connectivity index is 0.661. The molecule has 3 aromatic heterocycles. The van der Waals surface area contributed by atoms with E-state index in [1.807, 2.05) is 69.3 Å². The highest BCUT2D eigenvalue weighted by atomic mass is 19.3. The highest BCUT2D eigenvalue weighted by Gasteiger charge is 2.43. The Labute approximate surface area is 489 Å². The number of oxazole rings is 1. The summed E-state index contributed by atoms with van der Waals surface area (Å²) in [7, 11) is 1.69. The van der Waals surface area contributed by atoms with Crippen molar-refractivity contribution >= 4 is 29.3 Å². The van der Waals surface area contributed by atoms with E-state index in [9.17, 15) is 28.0 Å². The molecule has 5 N–H and O–H groups in total. The van der Waals surface area contributed by atoms with Crippen LogP contribution in [-0.4, -0.2) is 126 Å². The second kappa shape index (κ2) is 28.9. The Kier molecular flexibility index (Phi) is 21.0. The lowest BCUT2D eigenvalue weighted by Gasteiger charge is -2.41. The summed E-state index contributed by atoms with van der Waals surface area (Å²) in [5, 5.41) is 19.2. The molecule has 1 saturated carbocycles. The molecule has 3 aromatic carbocycles. The first kappa shape index (κ1) is 61.1. The van der Waals surface area contributed by atoms with Crippen LogP contribution in [0.25, 0.3) is 17.1 Å². The van der Waals surface area contributed by atoms with Gasteiger partial charge in [0, 0.05) is 43.5 Å². The maximum atomic E-state index is 14.7. The van der Waals surface area contributed by atoms with Crippen molar-refractivity contribution in [2.24, 2.45) is 11.3 Å². The second-order valence-electron chi connectivity index (χ2n) is 22.8. The molecule has 0 bridgehead atoms. The molecule has 6 aromatic rings. The summed E-state index contributed by atoms with van der Waals surface area (Å²) in [4.78, 5) is 65.8. The van der Waals surface area contributed by atoms with Crippen molar-refractivity contribution in [2.75, 3.05) is 65.2 Å². The third kappa shape index (κ3) is 16.5. The monoisotopic (exact) mass is 1160 g/mol. The summed E-state index contributed by atoms with van der Waals surface area (Å²) >= 11 is 0. The molecule has 448 valence electrons. The molecule has 9 rings (SSSR count). The van der Waals surface area contributed by atoms with E-state index in [-0.39, 0.29) is 54.2 Å². The molecule has 84 heavy (non-hydrogen) atoms. The van der Waals surface area contributed by atoms with Crippen LogP contribution in [-0.2, 0) is 60.9 Å². The van der Waals surface area contributed by atoms with Gasteiger partial charge in [-0.3, -0.25) is 24.2 Å². The first-order valence-corrected chi connectivity index (χ1v) is 29.2. The number of rotatable bonds is 29. The Morgan fingerprint density at radius 1 is 0.857 bits per heavy atom. The fourth-order valence-corrected chi connectivity index (χ4v) is 10.4. The number of aromatic nitrogens is 4. The SMILES string of the molecule is CN[C@@H](C)C(=O)N[C@H](C(=O)N1Cc2cc(OCCOCCOCCOCCNCc3ccc(-n4cc(NC(=O)c5coc(-c6ccnc(CCC7CC7)c6)n5)c(C(F)F)n4)cc3)ccc2C[C@H]1C(=O)N[C@@H]1CCCc2ccccc21)C(C)(C)C. The number of amides is 4. The molecule has 3 aliphatic rings. The van der Waals surface area contributed by atoms with E-state index < -0.39 is 41.6 Å². The molecule has 21 heteroatoms. The van der Waals surface area contributed by atoms with Crippen molar-refractivity contribution in [3.63, 3.8) is 0 Å². The number of pyridine rings is 1. The number of hydrogen-bond donors (Lipinski definition) is 5. The second-order valence-corrected chi connectivity index (χ2v) is 22.8. The Hall–Kier alpha value is -7.43. The van der Waals surface area contributed by atoms with Crippen molar-refractivity contribution in [1.29, 1.82) is 0 Å². The average Bonchev–Trinajstić information content (AvgIpc) is 2.01. The molecule has 4 amide bonds. The molecule has 1 fully saturated rings. The van der Waals surface area contributed by atoms with Crippen molar-refractivity contribution < 1.29 is 51.3 Å². The molecule has 0 unspecified atom stereocenters. The van der Waals surface area contributed by atoms with Gasteiger partial charge in [0.15, 0.2) is 11.4 Å². The maximum absolute atomic E-state index is 14.7. The number of anilines is 1. The summed E-state index contributed by atoms with van der Waals surface area (Å²) in [6, 6.07) is 22.5. The molecule has 19 nitrogen and oxygen atoms in total. The lowest BCUT2D eigenvalue weighted by molar-refractivity contribution is -0.147. The fourth-order valence-electron chi connectivity index (χ4n) is 10.4. The molecule has 0 spiro atoms. The number of halogens is 2. The predicted molar refractivity (Wildman–Crippen MR) is 312 cm³/mol.